The minimum Gasteiger partial charge on any atom is -0.427 e. The number of rotatable bonds is 1. The van der Waals surface area contributed by atoms with Crippen molar-refractivity contribution >= 4 is 7.12 Å². The highest BCUT2D eigenvalue weighted by Gasteiger charge is 2.28. The van der Waals surface area contributed by atoms with Gasteiger partial charge in [-0.05, 0) is 5.82 Å². The maximum atomic E-state index is 8.43. The van der Waals surface area contributed by atoms with Crippen molar-refractivity contribution in [2.24, 2.45) is 0 Å². The first-order valence-corrected chi connectivity index (χ1v) is 2.67. The Bertz CT molecular complexity index is 60.7. The van der Waals surface area contributed by atoms with E-state index < -0.39 is 7.12 Å². The van der Waals surface area contributed by atoms with E-state index >= 15 is 0 Å². The van der Waals surface area contributed by atoms with E-state index in [1.807, 2.05) is 0 Å². The molecule has 0 amide bonds. The Labute approximate surface area is 43.3 Å². The van der Waals surface area contributed by atoms with Crippen molar-refractivity contribution in [3.63, 3.8) is 0 Å². The standard InChI is InChI=1S/C4H9BO2/c6-5(7)4-2-1-3-4/h4,6-7H,1-3H2. The van der Waals surface area contributed by atoms with Gasteiger partial charge in [0.2, 0.25) is 0 Å². The van der Waals surface area contributed by atoms with Gasteiger partial charge in [0, 0.05) is 0 Å². The smallest absolute Gasteiger partial charge is 0.427 e. The lowest BCUT2D eigenvalue weighted by atomic mass is 9.61. The second-order valence-electron chi connectivity index (χ2n) is 2.10. The molecule has 0 aromatic rings. The highest BCUT2D eigenvalue weighted by atomic mass is 16.4. The van der Waals surface area contributed by atoms with Gasteiger partial charge in [-0.2, -0.15) is 0 Å². The molecule has 0 unspecified atom stereocenters. The lowest BCUT2D eigenvalue weighted by Crippen LogP contribution is -2.25. The van der Waals surface area contributed by atoms with Crippen LogP contribution in [0.3, 0.4) is 0 Å². The Hall–Kier alpha value is -0.0151. The third kappa shape index (κ3) is 0.953. The fraction of sp³-hybridized carbons (Fsp3) is 1.00. The Morgan fingerprint density at radius 1 is 1.29 bits per heavy atom. The third-order valence-corrected chi connectivity index (χ3v) is 1.57. The van der Waals surface area contributed by atoms with E-state index in [4.69, 9.17) is 10.0 Å². The maximum Gasteiger partial charge on any atom is 0.454 e. The molecule has 0 heterocycles. The summed E-state index contributed by atoms with van der Waals surface area (Å²) in [5, 5.41) is 16.9. The van der Waals surface area contributed by atoms with Gasteiger partial charge in [-0.15, -0.1) is 0 Å². The van der Waals surface area contributed by atoms with Crippen molar-refractivity contribution < 1.29 is 10.0 Å². The predicted octanol–water partition coefficient (Wildman–Crippen LogP) is 0.0133. The quantitative estimate of drug-likeness (QED) is 0.455. The van der Waals surface area contributed by atoms with Crippen molar-refractivity contribution in [3.8, 4) is 0 Å². The molecule has 0 saturated heterocycles. The number of hydrogen-bond acceptors (Lipinski definition) is 2. The summed E-state index contributed by atoms with van der Waals surface area (Å²) >= 11 is 0. The third-order valence-electron chi connectivity index (χ3n) is 1.57. The summed E-state index contributed by atoms with van der Waals surface area (Å²) in [5.74, 6) is 0.194. The van der Waals surface area contributed by atoms with Crippen LogP contribution in [0.5, 0.6) is 0 Å². The van der Waals surface area contributed by atoms with Gasteiger partial charge in [0.05, 0.1) is 0 Å². The van der Waals surface area contributed by atoms with Crippen molar-refractivity contribution in [1.82, 2.24) is 0 Å². The van der Waals surface area contributed by atoms with Crippen LogP contribution in [0, 0.1) is 0 Å². The first-order valence-electron chi connectivity index (χ1n) is 2.67. The Balaban J connectivity index is 2.14. The molecule has 0 spiro atoms. The molecule has 0 aromatic heterocycles. The summed E-state index contributed by atoms with van der Waals surface area (Å²) < 4.78 is 0. The molecule has 40 valence electrons. The maximum absolute atomic E-state index is 8.43. The van der Waals surface area contributed by atoms with Crippen LogP contribution in [-0.2, 0) is 0 Å². The average Bonchev–Trinajstić information content (AvgIpc) is 1.23. The van der Waals surface area contributed by atoms with E-state index in [0.29, 0.717) is 0 Å². The van der Waals surface area contributed by atoms with E-state index in [1.54, 1.807) is 0 Å². The van der Waals surface area contributed by atoms with Crippen molar-refractivity contribution in [1.29, 1.82) is 0 Å². The molecule has 1 aliphatic carbocycles. The highest BCUT2D eigenvalue weighted by Crippen LogP contribution is 2.32. The van der Waals surface area contributed by atoms with Gasteiger partial charge in [0.25, 0.3) is 0 Å². The van der Waals surface area contributed by atoms with Crippen LogP contribution in [0.25, 0.3) is 0 Å². The van der Waals surface area contributed by atoms with Gasteiger partial charge >= 0.3 is 7.12 Å². The zero-order chi connectivity index (χ0) is 5.28. The molecule has 3 heteroatoms. The van der Waals surface area contributed by atoms with Gasteiger partial charge in [-0.3, -0.25) is 0 Å². The van der Waals surface area contributed by atoms with E-state index in [9.17, 15) is 0 Å². The molecule has 1 saturated carbocycles. The SMILES string of the molecule is OB(O)C1CCC1. The zero-order valence-electron chi connectivity index (χ0n) is 4.17. The van der Waals surface area contributed by atoms with Gasteiger partial charge in [0.1, 0.15) is 0 Å². The molecule has 0 aromatic carbocycles. The molecule has 1 rings (SSSR count). The van der Waals surface area contributed by atoms with Gasteiger partial charge in [0.15, 0.2) is 0 Å². The van der Waals surface area contributed by atoms with Crippen LogP contribution >= 0.6 is 0 Å². The molecular weight excluding hydrogens is 90.9 g/mol. The molecule has 1 aliphatic rings. The summed E-state index contributed by atoms with van der Waals surface area (Å²) in [4.78, 5) is 0. The molecule has 7 heavy (non-hydrogen) atoms. The van der Waals surface area contributed by atoms with E-state index in [2.05, 4.69) is 0 Å². The first kappa shape index (κ1) is 5.13. The second-order valence-corrected chi connectivity index (χ2v) is 2.10. The minimum absolute atomic E-state index is 0.194. The summed E-state index contributed by atoms with van der Waals surface area (Å²) in [6.45, 7) is 0. The Morgan fingerprint density at radius 2 is 1.86 bits per heavy atom. The average molecular weight is 99.9 g/mol. The minimum atomic E-state index is -1.05. The van der Waals surface area contributed by atoms with Crippen LogP contribution in [0.15, 0.2) is 0 Å². The lowest BCUT2D eigenvalue weighted by Gasteiger charge is -2.23. The highest BCUT2D eigenvalue weighted by molar-refractivity contribution is 6.43. The van der Waals surface area contributed by atoms with E-state index in [-0.39, 0.29) is 5.82 Å². The second kappa shape index (κ2) is 1.84. The Morgan fingerprint density at radius 3 is 1.86 bits per heavy atom. The fourth-order valence-electron chi connectivity index (χ4n) is 0.738. The number of hydrogen-bond donors (Lipinski definition) is 2. The van der Waals surface area contributed by atoms with Gasteiger partial charge in [-0.25, -0.2) is 0 Å². The molecule has 0 radical (unpaired) electrons. The largest absolute Gasteiger partial charge is 0.454 e. The molecule has 2 N–H and O–H groups in total. The molecule has 0 atom stereocenters. The summed E-state index contributed by atoms with van der Waals surface area (Å²) in [6, 6.07) is 0. The van der Waals surface area contributed by atoms with Crippen LogP contribution in [-0.4, -0.2) is 17.2 Å². The van der Waals surface area contributed by atoms with Crippen LogP contribution in [0.1, 0.15) is 19.3 Å². The molecule has 2 nitrogen and oxygen atoms in total. The lowest BCUT2D eigenvalue weighted by molar-refractivity contribution is 0.336. The van der Waals surface area contributed by atoms with Gasteiger partial charge < -0.3 is 10.0 Å². The van der Waals surface area contributed by atoms with Crippen LogP contribution < -0.4 is 0 Å². The van der Waals surface area contributed by atoms with Crippen molar-refractivity contribution in [3.05, 3.63) is 0 Å². The molecule has 0 aliphatic heterocycles. The summed E-state index contributed by atoms with van der Waals surface area (Å²) in [6.07, 6.45) is 3.16. The van der Waals surface area contributed by atoms with Crippen LogP contribution in [0.4, 0.5) is 0 Å². The normalized spacial score (nSPS) is 21.4. The van der Waals surface area contributed by atoms with E-state index in [0.717, 1.165) is 12.8 Å². The van der Waals surface area contributed by atoms with E-state index in [1.165, 1.54) is 6.42 Å². The first-order chi connectivity index (χ1) is 3.30. The predicted molar refractivity (Wildman–Crippen MR) is 27.8 cm³/mol. The zero-order valence-corrected chi connectivity index (χ0v) is 4.17. The summed E-state index contributed by atoms with van der Waals surface area (Å²) in [5.41, 5.74) is 0. The van der Waals surface area contributed by atoms with Gasteiger partial charge in [-0.1, -0.05) is 19.3 Å². The van der Waals surface area contributed by atoms with Crippen LogP contribution in [0.2, 0.25) is 5.82 Å². The molecular formula is C4H9BO2. The van der Waals surface area contributed by atoms with Crippen molar-refractivity contribution in [2.45, 2.75) is 25.1 Å². The Kier molecular flexibility index (Phi) is 1.35. The fourth-order valence-corrected chi connectivity index (χ4v) is 0.738. The molecule has 1 fully saturated rings. The molecule has 0 bridgehead atoms. The summed E-state index contributed by atoms with van der Waals surface area (Å²) in [7, 11) is -1.05. The topological polar surface area (TPSA) is 40.5 Å². The van der Waals surface area contributed by atoms with Crippen molar-refractivity contribution in [2.75, 3.05) is 0 Å². The monoisotopic (exact) mass is 100 g/mol.